The number of rotatable bonds is 9. The highest BCUT2D eigenvalue weighted by Crippen LogP contribution is 2.47. The van der Waals surface area contributed by atoms with Crippen LogP contribution in [0.1, 0.15) is 58.2 Å². The molecule has 0 saturated heterocycles. The van der Waals surface area contributed by atoms with Gasteiger partial charge in [-0.25, -0.2) is 0 Å². The molecular weight excluding hydrogens is 496 g/mol. The van der Waals surface area contributed by atoms with E-state index in [9.17, 15) is 0 Å². The lowest BCUT2D eigenvalue weighted by atomic mass is 10.0. The molecule has 0 aliphatic heterocycles. The Balaban J connectivity index is 2.63. The van der Waals surface area contributed by atoms with Gasteiger partial charge in [-0.1, -0.05) is 59.8 Å². The van der Waals surface area contributed by atoms with Crippen LogP contribution in [0.4, 0.5) is 0 Å². The minimum atomic E-state index is -2.16. The topological polar surface area (TPSA) is 46.2 Å². The number of ether oxygens (including phenoxy) is 3. The van der Waals surface area contributed by atoms with Crippen molar-refractivity contribution < 1.29 is 23.1 Å². The molecule has 0 amide bonds. The van der Waals surface area contributed by atoms with Gasteiger partial charge in [-0.15, -0.1) is 0 Å². The molecule has 0 radical (unpaired) electrons. The fourth-order valence-electron chi connectivity index (χ4n) is 3.30. The second kappa shape index (κ2) is 11.2. The van der Waals surface area contributed by atoms with Crippen LogP contribution >= 0.6 is 0 Å². The third kappa shape index (κ3) is 6.93. The molecule has 2 aromatic rings. The molecule has 0 aromatic heterocycles. The van der Waals surface area contributed by atoms with Crippen molar-refractivity contribution in [3.63, 3.8) is 0 Å². The third-order valence-corrected chi connectivity index (χ3v) is 16.5. The maximum Gasteiger partial charge on any atom is 0.250 e. The van der Waals surface area contributed by atoms with Crippen molar-refractivity contribution in [1.29, 1.82) is 0 Å². The predicted octanol–water partition coefficient (Wildman–Crippen LogP) is 8.96. The summed E-state index contributed by atoms with van der Waals surface area (Å²) in [5.74, 6) is 3.53. The standard InChI is InChI=1S/C30H48O5Si2/c1-21-19-26(32-9)28(33-10)27(35-37(13,14)30(5,6)7)23(21)17-15-22-16-18-24(31-8)25(20-22)34-36(11,12)29(2,3)4/h15-20H,1-14H3/b17-15+. The lowest BCUT2D eigenvalue weighted by molar-refractivity contribution is 0.339. The van der Waals surface area contributed by atoms with E-state index in [0.29, 0.717) is 11.5 Å². The third-order valence-electron chi connectivity index (χ3n) is 7.84. The summed E-state index contributed by atoms with van der Waals surface area (Å²) in [7, 11) is 0.800. The molecule has 2 rings (SSSR count). The summed E-state index contributed by atoms with van der Waals surface area (Å²) in [5, 5.41) is 0.110. The van der Waals surface area contributed by atoms with Crippen LogP contribution in [0.2, 0.25) is 36.3 Å². The van der Waals surface area contributed by atoms with Crippen molar-refractivity contribution >= 4 is 28.8 Å². The maximum absolute atomic E-state index is 6.84. The fraction of sp³-hybridized carbons (Fsp3) is 0.533. The molecule has 37 heavy (non-hydrogen) atoms. The molecule has 0 N–H and O–H groups in total. The molecule has 206 valence electrons. The van der Waals surface area contributed by atoms with Gasteiger partial charge in [-0.05, 0) is 72.5 Å². The fourth-order valence-corrected chi connectivity index (χ4v) is 5.33. The molecule has 5 nitrogen and oxygen atoms in total. The van der Waals surface area contributed by atoms with E-state index in [-0.39, 0.29) is 10.1 Å². The molecule has 0 heterocycles. The molecule has 0 spiro atoms. The number of hydrogen-bond donors (Lipinski definition) is 0. The Morgan fingerprint density at radius 2 is 1.16 bits per heavy atom. The Hall–Kier alpha value is -2.39. The summed E-state index contributed by atoms with van der Waals surface area (Å²) in [6.07, 6.45) is 4.18. The Morgan fingerprint density at radius 3 is 1.65 bits per heavy atom. The second-order valence-corrected chi connectivity index (χ2v) is 22.1. The molecule has 2 aromatic carbocycles. The number of aryl methyl sites for hydroxylation is 1. The molecule has 7 heteroatoms. The van der Waals surface area contributed by atoms with Crippen LogP contribution in [0.15, 0.2) is 24.3 Å². The van der Waals surface area contributed by atoms with Crippen LogP contribution in [0.5, 0.6) is 28.7 Å². The number of methoxy groups -OCH3 is 3. The Morgan fingerprint density at radius 1 is 0.622 bits per heavy atom. The summed E-state index contributed by atoms with van der Waals surface area (Å²) in [5.41, 5.74) is 3.04. The van der Waals surface area contributed by atoms with E-state index >= 15 is 0 Å². The van der Waals surface area contributed by atoms with E-state index in [2.05, 4.69) is 92.9 Å². The van der Waals surface area contributed by atoms with Crippen molar-refractivity contribution in [1.82, 2.24) is 0 Å². The van der Waals surface area contributed by atoms with Gasteiger partial charge >= 0.3 is 0 Å². The lowest BCUT2D eigenvalue weighted by Gasteiger charge is -2.37. The van der Waals surface area contributed by atoms with E-state index in [4.69, 9.17) is 23.1 Å². The van der Waals surface area contributed by atoms with Gasteiger partial charge in [0.05, 0.1) is 21.3 Å². The van der Waals surface area contributed by atoms with Crippen molar-refractivity contribution in [3.05, 3.63) is 41.0 Å². The monoisotopic (exact) mass is 544 g/mol. The summed E-state index contributed by atoms with van der Waals surface area (Å²) < 4.78 is 30.6. The first-order chi connectivity index (χ1) is 16.9. The highest BCUT2D eigenvalue weighted by Gasteiger charge is 2.41. The number of benzene rings is 2. The van der Waals surface area contributed by atoms with Gasteiger partial charge in [-0.3, -0.25) is 0 Å². The van der Waals surface area contributed by atoms with E-state index in [1.54, 1.807) is 21.3 Å². The first-order valence-electron chi connectivity index (χ1n) is 12.9. The van der Waals surface area contributed by atoms with Gasteiger partial charge in [0.1, 0.15) is 5.75 Å². The van der Waals surface area contributed by atoms with Gasteiger partial charge in [0.2, 0.25) is 5.75 Å². The van der Waals surface area contributed by atoms with E-state index in [1.165, 1.54) is 0 Å². The molecule has 0 aliphatic rings. The Bertz CT molecular complexity index is 1120. The van der Waals surface area contributed by atoms with Crippen LogP contribution in [0.3, 0.4) is 0 Å². The second-order valence-electron chi connectivity index (χ2n) is 12.6. The van der Waals surface area contributed by atoms with Crippen LogP contribution < -0.4 is 23.1 Å². The molecule has 0 bridgehead atoms. The van der Waals surface area contributed by atoms with Crippen molar-refractivity contribution in [2.24, 2.45) is 0 Å². The highest BCUT2D eigenvalue weighted by molar-refractivity contribution is 6.75. The van der Waals surface area contributed by atoms with Gasteiger partial charge in [0.25, 0.3) is 16.6 Å². The molecule has 0 aliphatic carbocycles. The molecule has 0 atom stereocenters. The summed E-state index contributed by atoms with van der Waals surface area (Å²) in [6.45, 7) is 24.4. The average molecular weight is 545 g/mol. The van der Waals surface area contributed by atoms with Crippen molar-refractivity contribution in [2.45, 2.75) is 84.7 Å². The lowest BCUT2D eigenvalue weighted by Crippen LogP contribution is -2.44. The summed E-state index contributed by atoms with van der Waals surface area (Å²) in [4.78, 5) is 0. The predicted molar refractivity (Wildman–Crippen MR) is 162 cm³/mol. The first-order valence-corrected chi connectivity index (χ1v) is 18.7. The molecule has 0 unspecified atom stereocenters. The normalized spacial score (nSPS) is 13.0. The minimum Gasteiger partial charge on any atom is -0.541 e. The SMILES string of the molecule is COc1ccc(/C=C/c2c(C)cc(OC)c(OC)c2O[Si](C)(C)C(C)(C)C)cc1O[Si](C)(C)C(C)(C)C. The molecule has 0 fully saturated rings. The average Bonchev–Trinajstić information content (AvgIpc) is 2.76. The quantitative estimate of drug-likeness (QED) is 0.233. The number of hydrogen-bond acceptors (Lipinski definition) is 5. The van der Waals surface area contributed by atoms with Crippen LogP contribution in [0, 0.1) is 6.92 Å². The van der Waals surface area contributed by atoms with Gasteiger partial charge < -0.3 is 23.1 Å². The summed E-state index contributed by atoms with van der Waals surface area (Å²) >= 11 is 0. The zero-order chi connectivity index (χ0) is 28.4. The maximum atomic E-state index is 6.84. The smallest absolute Gasteiger partial charge is 0.250 e. The first kappa shape index (κ1) is 30.8. The van der Waals surface area contributed by atoms with Gasteiger partial charge in [-0.2, -0.15) is 0 Å². The zero-order valence-electron chi connectivity index (χ0n) is 25.5. The van der Waals surface area contributed by atoms with E-state index in [1.807, 2.05) is 18.2 Å². The van der Waals surface area contributed by atoms with Crippen LogP contribution in [-0.4, -0.2) is 38.0 Å². The molecule has 0 saturated carbocycles. The van der Waals surface area contributed by atoms with Crippen molar-refractivity contribution in [2.75, 3.05) is 21.3 Å². The van der Waals surface area contributed by atoms with Crippen LogP contribution in [0.25, 0.3) is 12.2 Å². The Labute approximate surface area is 227 Å². The Kier molecular flexibility index (Phi) is 9.30. The zero-order valence-corrected chi connectivity index (χ0v) is 27.5. The largest absolute Gasteiger partial charge is 0.541 e. The van der Waals surface area contributed by atoms with E-state index in [0.717, 1.165) is 33.9 Å². The van der Waals surface area contributed by atoms with Gasteiger partial charge in [0.15, 0.2) is 17.2 Å². The molecular formula is C30H48O5Si2. The van der Waals surface area contributed by atoms with Crippen LogP contribution in [-0.2, 0) is 0 Å². The van der Waals surface area contributed by atoms with Gasteiger partial charge in [0, 0.05) is 5.56 Å². The van der Waals surface area contributed by atoms with Crippen molar-refractivity contribution in [3.8, 4) is 28.7 Å². The van der Waals surface area contributed by atoms with E-state index < -0.39 is 16.6 Å². The summed E-state index contributed by atoms with van der Waals surface area (Å²) in [6, 6.07) is 8.06. The highest BCUT2D eigenvalue weighted by atomic mass is 28.4. The minimum absolute atomic E-state index is 0.0297.